The van der Waals surface area contributed by atoms with Gasteiger partial charge in [0, 0.05) is 17.3 Å². The zero-order valence-electron chi connectivity index (χ0n) is 12.3. The molecule has 0 radical (unpaired) electrons. The lowest BCUT2D eigenvalue weighted by Gasteiger charge is -2.17. The minimum Gasteiger partial charge on any atom is -0.392 e. The van der Waals surface area contributed by atoms with Crippen LogP contribution >= 0.6 is 11.6 Å². The van der Waals surface area contributed by atoms with Crippen LogP contribution in [0.1, 0.15) is 30.9 Å². The van der Waals surface area contributed by atoms with Gasteiger partial charge in [-0.25, -0.2) is 8.91 Å². The molecule has 0 unspecified atom stereocenters. The average molecular weight is 319 g/mol. The number of hydrogen-bond donors (Lipinski definition) is 1. The summed E-state index contributed by atoms with van der Waals surface area (Å²) in [5.74, 6) is -0.251. The molecule has 0 spiro atoms. The summed E-state index contributed by atoms with van der Waals surface area (Å²) in [6, 6.07) is 8.37. The fourth-order valence-electron chi connectivity index (χ4n) is 2.80. The third-order valence-electron chi connectivity index (χ3n) is 3.75. The summed E-state index contributed by atoms with van der Waals surface area (Å²) in [6.07, 6.45) is 1.86. The van der Waals surface area contributed by atoms with Crippen molar-refractivity contribution in [2.45, 2.75) is 26.4 Å². The van der Waals surface area contributed by atoms with E-state index in [1.807, 2.05) is 18.3 Å². The van der Waals surface area contributed by atoms with Crippen LogP contribution in [0.5, 0.6) is 0 Å². The van der Waals surface area contributed by atoms with Crippen LogP contribution < -0.4 is 0 Å². The fourth-order valence-corrected chi connectivity index (χ4v) is 2.98. The van der Waals surface area contributed by atoms with Gasteiger partial charge in [-0.15, -0.1) is 0 Å². The van der Waals surface area contributed by atoms with E-state index in [2.05, 4.69) is 18.9 Å². The lowest BCUT2D eigenvalue weighted by molar-refractivity contribution is 0.280. The Morgan fingerprint density at radius 2 is 2.09 bits per heavy atom. The van der Waals surface area contributed by atoms with E-state index in [0.717, 1.165) is 16.6 Å². The molecular formula is C17H16ClFN2O. The van der Waals surface area contributed by atoms with Gasteiger partial charge in [-0.1, -0.05) is 25.4 Å². The Balaban J connectivity index is 2.35. The largest absolute Gasteiger partial charge is 0.392 e. The topological polar surface area (TPSA) is 37.5 Å². The monoisotopic (exact) mass is 318 g/mol. The lowest BCUT2D eigenvalue weighted by atomic mass is 9.94. The van der Waals surface area contributed by atoms with E-state index < -0.39 is 5.82 Å². The molecule has 0 saturated carbocycles. The van der Waals surface area contributed by atoms with Gasteiger partial charge >= 0.3 is 0 Å². The third kappa shape index (κ3) is 2.38. The number of aliphatic hydroxyl groups excluding tert-OH is 1. The number of nitrogens with zero attached hydrogens (tertiary/aromatic N) is 2. The van der Waals surface area contributed by atoms with Gasteiger partial charge in [0.25, 0.3) is 0 Å². The molecule has 22 heavy (non-hydrogen) atoms. The lowest BCUT2D eigenvalue weighted by Crippen LogP contribution is -2.07. The van der Waals surface area contributed by atoms with E-state index in [9.17, 15) is 9.50 Å². The van der Waals surface area contributed by atoms with Gasteiger partial charge in [-0.05, 0) is 41.8 Å². The quantitative estimate of drug-likeness (QED) is 0.776. The summed E-state index contributed by atoms with van der Waals surface area (Å²) in [5, 5.41) is 14.5. The summed E-state index contributed by atoms with van der Waals surface area (Å²) in [5.41, 5.74) is 4.07. The van der Waals surface area contributed by atoms with E-state index in [0.29, 0.717) is 11.3 Å². The van der Waals surface area contributed by atoms with Gasteiger partial charge in [0.2, 0.25) is 0 Å². The van der Waals surface area contributed by atoms with Crippen molar-refractivity contribution in [3.8, 4) is 11.3 Å². The van der Waals surface area contributed by atoms with E-state index >= 15 is 0 Å². The average Bonchev–Trinajstić information content (AvgIpc) is 2.95. The molecule has 114 valence electrons. The van der Waals surface area contributed by atoms with Gasteiger partial charge in [-0.3, -0.25) is 0 Å². The van der Waals surface area contributed by atoms with Crippen molar-refractivity contribution >= 4 is 17.1 Å². The molecule has 1 N–H and O–H groups in total. The molecule has 0 aliphatic carbocycles. The number of aliphatic hydroxyl groups is 1. The van der Waals surface area contributed by atoms with E-state index in [1.165, 1.54) is 12.1 Å². The third-order valence-corrected chi connectivity index (χ3v) is 4.04. The second-order valence-corrected chi connectivity index (χ2v) is 5.93. The maximum atomic E-state index is 13.4. The molecule has 3 rings (SSSR count). The van der Waals surface area contributed by atoms with Crippen LogP contribution in [-0.4, -0.2) is 14.7 Å². The molecule has 0 saturated heterocycles. The molecule has 3 nitrogen and oxygen atoms in total. The second kappa shape index (κ2) is 5.71. The molecular weight excluding hydrogens is 303 g/mol. The molecule has 0 aliphatic heterocycles. The van der Waals surface area contributed by atoms with Crippen molar-refractivity contribution in [1.29, 1.82) is 0 Å². The zero-order chi connectivity index (χ0) is 15.9. The van der Waals surface area contributed by atoms with E-state index in [4.69, 9.17) is 11.6 Å². The van der Waals surface area contributed by atoms with Crippen LogP contribution in [0.2, 0.25) is 5.02 Å². The van der Waals surface area contributed by atoms with Crippen LogP contribution in [0, 0.1) is 5.82 Å². The summed E-state index contributed by atoms with van der Waals surface area (Å²) in [4.78, 5) is 0. The number of benzene rings is 1. The molecule has 0 fully saturated rings. The van der Waals surface area contributed by atoms with Crippen molar-refractivity contribution in [1.82, 2.24) is 9.61 Å². The smallest absolute Gasteiger partial charge is 0.141 e. The zero-order valence-corrected chi connectivity index (χ0v) is 13.1. The van der Waals surface area contributed by atoms with E-state index in [1.54, 1.807) is 10.6 Å². The van der Waals surface area contributed by atoms with Crippen LogP contribution in [0.25, 0.3) is 16.8 Å². The SMILES string of the molecule is CC(C)c1c(CO)c(-c2ccc(F)c(Cl)c2)nn2cccc12. The van der Waals surface area contributed by atoms with Crippen LogP contribution in [0.3, 0.4) is 0 Å². The normalized spacial score (nSPS) is 11.5. The van der Waals surface area contributed by atoms with Crippen LogP contribution in [0.15, 0.2) is 36.5 Å². The highest BCUT2D eigenvalue weighted by Crippen LogP contribution is 2.33. The van der Waals surface area contributed by atoms with Gasteiger partial charge in [0.05, 0.1) is 22.8 Å². The Morgan fingerprint density at radius 1 is 1.32 bits per heavy atom. The Labute approximate surface area is 133 Å². The van der Waals surface area contributed by atoms with Gasteiger partial charge < -0.3 is 5.11 Å². The highest BCUT2D eigenvalue weighted by Gasteiger charge is 2.19. The van der Waals surface area contributed by atoms with Gasteiger partial charge in [0.1, 0.15) is 5.82 Å². The number of aromatic nitrogens is 2. The summed E-state index contributed by atoms with van der Waals surface area (Å²) in [7, 11) is 0. The molecule has 2 heterocycles. The minimum absolute atomic E-state index is 0.0434. The Bertz CT molecular complexity index is 842. The molecule has 5 heteroatoms. The Kier molecular flexibility index (Phi) is 3.89. The van der Waals surface area contributed by atoms with Crippen molar-refractivity contribution in [2.24, 2.45) is 0 Å². The minimum atomic E-state index is -0.470. The highest BCUT2D eigenvalue weighted by molar-refractivity contribution is 6.31. The predicted molar refractivity (Wildman–Crippen MR) is 85.6 cm³/mol. The molecule has 3 aromatic rings. The summed E-state index contributed by atoms with van der Waals surface area (Å²) < 4.78 is 15.2. The molecule has 1 aromatic carbocycles. The number of rotatable bonds is 3. The standard InChI is InChI=1S/C17H16ClFN2O/c1-10(2)16-12(9-22)17(20-21-7-3-4-15(16)21)11-5-6-14(19)13(18)8-11/h3-8,10,22H,9H2,1-2H3. The van der Waals surface area contributed by atoms with Crippen molar-refractivity contribution in [3.63, 3.8) is 0 Å². The molecule has 0 amide bonds. The summed E-state index contributed by atoms with van der Waals surface area (Å²) in [6.45, 7) is 4.01. The Morgan fingerprint density at radius 3 is 2.73 bits per heavy atom. The fraction of sp³-hybridized carbons (Fsp3) is 0.235. The first kappa shape index (κ1) is 15.0. The molecule has 2 aromatic heterocycles. The first-order chi connectivity index (χ1) is 10.5. The maximum absolute atomic E-state index is 13.4. The number of halogens is 2. The maximum Gasteiger partial charge on any atom is 0.141 e. The molecule has 0 bridgehead atoms. The predicted octanol–water partition coefficient (Wildman–Crippen LogP) is 4.41. The summed E-state index contributed by atoms with van der Waals surface area (Å²) >= 11 is 5.89. The Hall–Kier alpha value is -1.91. The number of fused-ring (bicyclic) bond motifs is 1. The van der Waals surface area contributed by atoms with Crippen molar-refractivity contribution in [3.05, 3.63) is 58.5 Å². The van der Waals surface area contributed by atoms with Gasteiger partial charge in [0.15, 0.2) is 0 Å². The molecule has 0 atom stereocenters. The van der Waals surface area contributed by atoms with E-state index in [-0.39, 0.29) is 17.5 Å². The van der Waals surface area contributed by atoms with Gasteiger partial charge in [-0.2, -0.15) is 5.10 Å². The first-order valence-corrected chi connectivity index (χ1v) is 7.47. The second-order valence-electron chi connectivity index (χ2n) is 5.52. The van der Waals surface area contributed by atoms with Crippen molar-refractivity contribution < 1.29 is 9.50 Å². The first-order valence-electron chi connectivity index (χ1n) is 7.09. The highest BCUT2D eigenvalue weighted by atomic mass is 35.5. The molecule has 0 aliphatic rings. The van der Waals surface area contributed by atoms with Crippen LogP contribution in [-0.2, 0) is 6.61 Å². The van der Waals surface area contributed by atoms with Crippen molar-refractivity contribution in [2.75, 3.05) is 0 Å². The number of hydrogen-bond acceptors (Lipinski definition) is 2. The van der Waals surface area contributed by atoms with Crippen LogP contribution in [0.4, 0.5) is 4.39 Å².